The van der Waals surface area contributed by atoms with Gasteiger partial charge in [0.05, 0.1) is 0 Å². The van der Waals surface area contributed by atoms with Crippen LogP contribution in [0.25, 0.3) is 0 Å². The van der Waals surface area contributed by atoms with E-state index in [4.69, 9.17) is 15.9 Å². The van der Waals surface area contributed by atoms with E-state index >= 15 is 0 Å². The minimum absolute atomic E-state index is 0.190. The van der Waals surface area contributed by atoms with Crippen LogP contribution in [0.5, 0.6) is 0 Å². The Labute approximate surface area is 76.6 Å². The van der Waals surface area contributed by atoms with Gasteiger partial charge in [-0.1, -0.05) is 0 Å². The molecule has 0 rings (SSSR count). The molecule has 74 valence electrons. The molecule has 0 saturated heterocycles. The van der Waals surface area contributed by atoms with Crippen molar-refractivity contribution in [2.24, 2.45) is 11.5 Å². The zero-order chi connectivity index (χ0) is 9.78. The van der Waals surface area contributed by atoms with Gasteiger partial charge in [-0.25, -0.2) is 0 Å². The van der Waals surface area contributed by atoms with Crippen molar-refractivity contribution in [2.75, 3.05) is 13.7 Å². The summed E-state index contributed by atoms with van der Waals surface area (Å²) in [7, 11) is 0.180. The van der Waals surface area contributed by atoms with E-state index in [0.29, 0.717) is 12.1 Å². The summed E-state index contributed by atoms with van der Waals surface area (Å²) in [6.07, 6.45) is 0.977. The van der Waals surface area contributed by atoms with Crippen molar-refractivity contribution in [3.05, 3.63) is 0 Å². The van der Waals surface area contributed by atoms with Gasteiger partial charge >= 0.3 is 0 Å². The largest absolute Gasteiger partial charge is 0.420 e. The molecule has 0 saturated carbocycles. The van der Waals surface area contributed by atoms with E-state index in [1.165, 1.54) is 0 Å². The Hall–Kier alpha value is 0.0969. The van der Waals surface area contributed by atoms with Crippen molar-refractivity contribution in [1.29, 1.82) is 0 Å². The van der Waals surface area contributed by atoms with E-state index in [0.717, 1.165) is 6.42 Å². The van der Waals surface area contributed by atoms with Crippen molar-refractivity contribution >= 4 is 8.32 Å². The van der Waals surface area contributed by atoms with Gasteiger partial charge in [0.15, 0.2) is 8.32 Å². The first-order valence-corrected chi connectivity index (χ1v) is 7.45. The van der Waals surface area contributed by atoms with Crippen LogP contribution in [0.2, 0.25) is 18.6 Å². The van der Waals surface area contributed by atoms with Crippen molar-refractivity contribution in [3.63, 3.8) is 0 Å². The quantitative estimate of drug-likeness (QED) is 0.633. The zero-order valence-electron chi connectivity index (χ0n) is 8.63. The Kier molecular flexibility index (Phi) is 5.00. The fourth-order valence-corrected chi connectivity index (χ4v) is 4.01. The fourth-order valence-electron chi connectivity index (χ4n) is 1.57. The molecule has 0 aliphatic heterocycles. The monoisotopic (exact) mass is 190 g/mol. The normalized spacial score (nSPS) is 17.5. The third-order valence-corrected chi connectivity index (χ3v) is 6.18. The lowest BCUT2D eigenvalue weighted by Gasteiger charge is -2.33. The smallest absolute Gasteiger partial charge is 0.190 e. The van der Waals surface area contributed by atoms with Gasteiger partial charge < -0.3 is 15.9 Å². The van der Waals surface area contributed by atoms with Crippen LogP contribution in [0.4, 0.5) is 0 Å². The zero-order valence-corrected chi connectivity index (χ0v) is 9.63. The van der Waals surface area contributed by atoms with Crippen molar-refractivity contribution < 1.29 is 4.43 Å². The molecule has 2 unspecified atom stereocenters. The highest BCUT2D eigenvalue weighted by Crippen LogP contribution is 2.27. The molecule has 0 fully saturated rings. The highest BCUT2D eigenvalue weighted by Gasteiger charge is 2.34. The predicted octanol–water partition coefficient (Wildman–Crippen LogP) is 0.904. The molecule has 0 amide bonds. The topological polar surface area (TPSA) is 61.3 Å². The maximum absolute atomic E-state index is 5.88. The van der Waals surface area contributed by atoms with E-state index < -0.39 is 8.32 Å². The average Bonchev–Trinajstić information content (AvgIpc) is 1.99. The molecule has 2 atom stereocenters. The van der Waals surface area contributed by atoms with Crippen LogP contribution < -0.4 is 11.5 Å². The van der Waals surface area contributed by atoms with Crippen molar-refractivity contribution in [1.82, 2.24) is 0 Å². The second kappa shape index (κ2) is 4.96. The third-order valence-electron chi connectivity index (χ3n) is 2.53. The fraction of sp³-hybridized carbons (Fsp3) is 1.00. The van der Waals surface area contributed by atoms with Gasteiger partial charge in [0.2, 0.25) is 0 Å². The molecule has 0 bridgehead atoms. The Morgan fingerprint density at radius 3 is 2.17 bits per heavy atom. The molecule has 12 heavy (non-hydrogen) atoms. The summed E-state index contributed by atoms with van der Waals surface area (Å²) in [5, 5.41) is 0. The standard InChI is InChI=1S/C8H22N2OSi/c1-7(10)8(5-6-9)12(3,4)11-2/h7-8H,5-6,9-10H2,1-4H3. The van der Waals surface area contributed by atoms with E-state index in [-0.39, 0.29) is 6.04 Å². The molecule has 0 aliphatic carbocycles. The lowest BCUT2D eigenvalue weighted by atomic mass is 10.2. The van der Waals surface area contributed by atoms with E-state index in [9.17, 15) is 0 Å². The molecule has 0 aliphatic rings. The summed E-state index contributed by atoms with van der Waals surface area (Å²) < 4.78 is 5.52. The van der Waals surface area contributed by atoms with Crippen LogP contribution >= 0.6 is 0 Å². The number of rotatable bonds is 5. The summed E-state index contributed by atoms with van der Waals surface area (Å²) in [6, 6.07) is 0.190. The molecular formula is C8H22N2OSi. The van der Waals surface area contributed by atoms with E-state index in [2.05, 4.69) is 13.1 Å². The average molecular weight is 190 g/mol. The number of hydrogen-bond donors (Lipinski definition) is 2. The molecule has 0 heterocycles. The Morgan fingerprint density at radius 1 is 1.42 bits per heavy atom. The molecule has 4 heteroatoms. The molecule has 3 nitrogen and oxygen atoms in total. The van der Waals surface area contributed by atoms with Crippen LogP contribution in [0.3, 0.4) is 0 Å². The first kappa shape index (κ1) is 12.1. The van der Waals surface area contributed by atoms with Crippen LogP contribution in [-0.2, 0) is 4.43 Å². The van der Waals surface area contributed by atoms with Gasteiger partial charge in [-0.2, -0.15) is 0 Å². The van der Waals surface area contributed by atoms with E-state index in [1.54, 1.807) is 7.11 Å². The van der Waals surface area contributed by atoms with Gasteiger partial charge in [0.25, 0.3) is 0 Å². The van der Waals surface area contributed by atoms with Gasteiger partial charge in [-0.05, 0) is 38.5 Å². The Morgan fingerprint density at radius 2 is 1.92 bits per heavy atom. The Balaban J connectivity index is 4.27. The van der Waals surface area contributed by atoms with Crippen LogP contribution in [0.15, 0.2) is 0 Å². The van der Waals surface area contributed by atoms with Gasteiger partial charge in [0.1, 0.15) is 0 Å². The molecule has 0 radical (unpaired) electrons. The van der Waals surface area contributed by atoms with Gasteiger partial charge in [0, 0.05) is 13.2 Å². The Bertz CT molecular complexity index is 128. The number of nitrogens with two attached hydrogens (primary N) is 2. The summed E-state index contributed by atoms with van der Waals surface area (Å²) in [5.74, 6) is 0. The van der Waals surface area contributed by atoms with Gasteiger partial charge in [-0.15, -0.1) is 0 Å². The summed E-state index contributed by atoms with van der Waals surface area (Å²) >= 11 is 0. The van der Waals surface area contributed by atoms with Crippen molar-refractivity contribution in [3.8, 4) is 0 Å². The molecule has 0 aromatic heterocycles. The van der Waals surface area contributed by atoms with E-state index in [1.807, 2.05) is 6.92 Å². The highest BCUT2D eigenvalue weighted by atomic mass is 28.4. The second-order valence-electron chi connectivity index (χ2n) is 3.85. The molecule has 0 aromatic carbocycles. The third kappa shape index (κ3) is 3.22. The highest BCUT2D eigenvalue weighted by molar-refractivity contribution is 6.72. The lowest BCUT2D eigenvalue weighted by molar-refractivity contribution is 0.376. The van der Waals surface area contributed by atoms with Crippen molar-refractivity contribution in [2.45, 2.75) is 38.0 Å². The summed E-state index contributed by atoms with van der Waals surface area (Å²) in [5.41, 5.74) is 11.9. The second-order valence-corrected chi connectivity index (χ2v) is 8.21. The SMILES string of the molecule is CO[Si](C)(C)C(CCN)C(C)N. The maximum Gasteiger partial charge on any atom is 0.190 e. The molecule has 0 spiro atoms. The first-order chi connectivity index (χ1) is 5.45. The van der Waals surface area contributed by atoms with Crippen LogP contribution in [0, 0.1) is 0 Å². The molecular weight excluding hydrogens is 168 g/mol. The predicted molar refractivity (Wildman–Crippen MR) is 55.6 cm³/mol. The van der Waals surface area contributed by atoms with Gasteiger partial charge in [-0.3, -0.25) is 0 Å². The lowest BCUT2D eigenvalue weighted by Crippen LogP contribution is -2.44. The number of hydrogen-bond acceptors (Lipinski definition) is 3. The molecule has 4 N–H and O–H groups in total. The minimum atomic E-state index is -1.60. The summed E-state index contributed by atoms with van der Waals surface area (Å²) in [4.78, 5) is 0. The molecule has 0 aromatic rings. The van der Waals surface area contributed by atoms with Crippen LogP contribution in [-0.4, -0.2) is 28.0 Å². The minimum Gasteiger partial charge on any atom is -0.420 e. The first-order valence-electron chi connectivity index (χ1n) is 4.46. The maximum atomic E-state index is 5.88. The summed E-state index contributed by atoms with van der Waals surface area (Å²) in [6.45, 7) is 7.12. The van der Waals surface area contributed by atoms with Crippen LogP contribution in [0.1, 0.15) is 13.3 Å².